The fourth-order valence-electron chi connectivity index (χ4n) is 3.79. The van der Waals surface area contributed by atoms with Gasteiger partial charge >= 0.3 is 0 Å². The molecule has 1 aliphatic heterocycles. The summed E-state index contributed by atoms with van der Waals surface area (Å²) in [6.45, 7) is 2.36. The van der Waals surface area contributed by atoms with Gasteiger partial charge in [0.05, 0.1) is 7.11 Å². The summed E-state index contributed by atoms with van der Waals surface area (Å²) in [5.41, 5.74) is 6.32. The van der Waals surface area contributed by atoms with Crippen LogP contribution in [0.4, 0.5) is 5.69 Å². The number of hydrogen-bond donors (Lipinski definition) is 0. The smallest absolute Gasteiger partial charge is 0.118 e. The largest absolute Gasteiger partial charge is 0.497 e. The Morgan fingerprint density at radius 1 is 0.769 bits per heavy atom. The fourth-order valence-corrected chi connectivity index (χ4v) is 3.79. The van der Waals surface area contributed by atoms with E-state index in [1.165, 1.54) is 60.3 Å². The molecule has 0 aromatic heterocycles. The van der Waals surface area contributed by atoms with E-state index in [4.69, 9.17) is 4.74 Å². The molecule has 2 aliphatic rings. The van der Waals surface area contributed by atoms with Crippen molar-refractivity contribution in [2.45, 2.75) is 19.3 Å². The van der Waals surface area contributed by atoms with Crippen LogP contribution in [0, 0.1) is 0 Å². The van der Waals surface area contributed by atoms with Gasteiger partial charge in [0, 0.05) is 18.8 Å². The number of hydrogen-bond acceptors (Lipinski definition) is 2. The summed E-state index contributed by atoms with van der Waals surface area (Å²) >= 11 is 0. The summed E-state index contributed by atoms with van der Waals surface area (Å²) in [6, 6.07) is 17.4. The summed E-state index contributed by atoms with van der Waals surface area (Å²) in [5.74, 6) is 0.885. The number of piperidine rings is 1. The van der Waals surface area contributed by atoms with Gasteiger partial charge in [0.2, 0.25) is 0 Å². The van der Waals surface area contributed by atoms with E-state index in [1.54, 1.807) is 7.11 Å². The van der Waals surface area contributed by atoms with Crippen molar-refractivity contribution in [1.29, 1.82) is 0 Å². The fraction of sp³-hybridized carbons (Fsp3) is 0.250. The van der Waals surface area contributed by atoms with Crippen LogP contribution in [0.3, 0.4) is 0 Å². The molecule has 2 aromatic carbocycles. The molecule has 0 saturated carbocycles. The summed E-state index contributed by atoms with van der Waals surface area (Å²) in [5, 5.41) is 0. The van der Waals surface area contributed by atoms with Crippen molar-refractivity contribution in [3.05, 3.63) is 89.5 Å². The zero-order valence-electron chi connectivity index (χ0n) is 15.3. The number of nitrogens with zero attached hydrogens (tertiary/aromatic N) is 1. The van der Waals surface area contributed by atoms with Crippen LogP contribution in [0.1, 0.15) is 30.4 Å². The Morgan fingerprint density at radius 2 is 1.35 bits per heavy atom. The van der Waals surface area contributed by atoms with Crippen LogP contribution in [0.5, 0.6) is 5.75 Å². The van der Waals surface area contributed by atoms with Crippen LogP contribution in [0.25, 0.3) is 5.57 Å². The third-order valence-corrected chi connectivity index (χ3v) is 5.21. The Balaban J connectivity index is 1.69. The first-order chi connectivity index (χ1) is 12.8. The summed E-state index contributed by atoms with van der Waals surface area (Å²) in [4.78, 5) is 2.50. The maximum absolute atomic E-state index is 5.31. The Labute approximate surface area is 156 Å². The van der Waals surface area contributed by atoms with Crippen molar-refractivity contribution in [1.82, 2.24) is 0 Å². The first-order valence-corrected chi connectivity index (χ1v) is 9.44. The number of ether oxygens (including phenoxy) is 1. The predicted octanol–water partition coefficient (Wildman–Crippen LogP) is 5.61. The van der Waals surface area contributed by atoms with E-state index in [0.717, 1.165) is 5.75 Å². The number of rotatable bonds is 4. The highest BCUT2D eigenvalue weighted by molar-refractivity contribution is 5.86. The van der Waals surface area contributed by atoms with Crippen LogP contribution < -0.4 is 9.64 Å². The molecule has 1 fully saturated rings. The van der Waals surface area contributed by atoms with Gasteiger partial charge in [0.25, 0.3) is 0 Å². The first kappa shape index (κ1) is 16.7. The molecule has 2 aromatic rings. The summed E-state index contributed by atoms with van der Waals surface area (Å²) in [6.07, 6.45) is 12.5. The van der Waals surface area contributed by atoms with Crippen molar-refractivity contribution in [2.75, 3.05) is 25.1 Å². The van der Waals surface area contributed by atoms with E-state index < -0.39 is 0 Å². The van der Waals surface area contributed by atoms with E-state index >= 15 is 0 Å². The monoisotopic (exact) mass is 343 g/mol. The van der Waals surface area contributed by atoms with Gasteiger partial charge in [-0.2, -0.15) is 0 Å². The molecule has 1 heterocycles. The van der Waals surface area contributed by atoms with Gasteiger partial charge < -0.3 is 9.64 Å². The molecule has 132 valence electrons. The molecule has 2 nitrogen and oxygen atoms in total. The van der Waals surface area contributed by atoms with Gasteiger partial charge in [-0.15, -0.1) is 0 Å². The maximum Gasteiger partial charge on any atom is 0.118 e. The van der Waals surface area contributed by atoms with Crippen molar-refractivity contribution in [2.24, 2.45) is 0 Å². The zero-order chi connectivity index (χ0) is 17.8. The lowest BCUT2D eigenvalue weighted by Gasteiger charge is -2.29. The third-order valence-electron chi connectivity index (χ3n) is 5.21. The van der Waals surface area contributed by atoms with E-state index in [0.29, 0.717) is 0 Å². The van der Waals surface area contributed by atoms with Crippen LogP contribution in [-0.2, 0) is 0 Å². The molecule has 0 amide bonds. The molecule has 0 N–H and O–H groups in total. The first-order valence-electron chi connectivity index (χ1n) is 9.44. The molecule has 2 heteroatoms. The number of anilines is 1. The van der Waals surface area contributed by atoms with Crippen LogP contribution >= 0.6 is 0 Å². The molecule has 4 rings (SSSR count). The molecular formula is C24H25NO. The minimum absolute atomic E-state index is 0.885. The van der Waals surface area contributed by atoms with Crippen LogP contribution in [0.2, 0.25) is 0 Å². The molecule has 0 unspecified atom stereocenters. The van der Waals surface area contributed by atoms with Crippen molar-refractivity contribution in [3.63, 3.8) is 0 Å². The van der Waals surface area contributed by atoms with Crippen LogP contribution in [0.15, 0.2) is 78.4 Å². The highest BCUT2D eigenvalue weighted by atomic mass is 16.5. The normalized spacial score (nSPS) is 16.2. The lowest BCUT2D eigenvalue weighted by atomic mass is 9.93. The predicted molar refractivity (Wildman–Crippen MR) is 110 cm³/mol. The van der Waals surface area contributed by atoms with E-state index in [2.05, 4.69) is 65.6 Å². The highest BCUT2D eigenvalue weighted by Crippen LogP contribution is 2.32. The van der Waals surface area contributed by atoms with Crippen molar-refractivity contribution < 1.29 is 4.74 Å². The molecule has 1 aliphatic carbocycles. The molecule has 1 saturated heterocycles. The van der Waals surface area contributed by atoms with Gasteiger partial charge in [-0.3, -0.25) is 0 Å². The Hall–Kier alpha value is -2.74. The molecule has 0 bridgehead atoms. The quantitative estimate of drug-likeness (QED) is 0.715. The second kappa shape index (κ2) is 7.65. The second-order valence-electron chi connectivity index (χ2n) is 6.87. The van der Waals surface area contributed by atoms with Crippen molar-refractivity contribution in [3.8, 4) is 5.75 Å². The summed E-state index contributed by atoms with van der Waals surface area (Å²) in [7, 11) is 1.70. The minimum atomic E-state index is 0.885. The maximum atomic E-state index is 5.31. The van der Waals surface area contributed by atoms with E-state index in [-0.39, 0.29) is 0 Å². The van der Waals surface area contributed by atoms with Gasteiger partial charge in [0.1, 0.15) is 5.75 Å². The van der Waals surface area contributed by atoms with Gasteiger partial charge in [-0.1, -0.05) is 48.6 Å². The minimum Gasteiger partial charge on any atom is -0.497 e. The topological polar surface area (TPSA) is 12.5 Å². The molecular weight excluding hydrogens is 318 g/mol. The van der Waals surface area contributed by atoms with E-state index in [1.807, 2.05) is 12.1 Å². The van der Waals surface area contributed by atoms with Crippen LogP contribution in [-0.4, -0.2) is 20.2 Å². The number of benzene rings is 2. The lowest BCUT2D eigenvalue weighted by Crippen LogP contribution is -2.29. The average Bonchev–Trinajstić information content (AvgIpc) is 3.24. The summed E-state index contributed by atoms with van der Waals surface area (Å²) < 4.78 is 5.31. The molecule has 0 atom stereocenters. The Bertz CT molecular complexity index is 821. The standard InChI is InChI=1S/C24H25NO/c1-26-23-15-11-21(12-16-23)24(19-7-3-4-8-19)20-9-13-22(14-10-20)25-17-5-2-6-18-25/h3-4,7-16H,2,5-6,17-18H2,1H3. The second-order valence-corrected chi connectivity index (χ2v) is 6.87. The molecule has 0 radical (unpaired) electrons. The van der Waals surface area contributed by atoms with E-state index in [9.17, 15) is 0 Å². The zero-order valence-corrected chi connectivity index (χ0v) is 15.3. The Morgan fingerprint density at radius 3 is 1.92 bits per heavy atom. The molecule has 0 spiro atoms. The number of allylic oxidation sites excluding steroid dienone is 5. The van der Waals surface area contributed by atoms with Gasteiger partial charge in [-0.05, 0) is 65.8 Å². The highest BCUT2D eigenvalue weighted by Gasteiger charge is 2.14. The SMILES string of the molecule is COc1ccc(C(=C2C=CC=C2)c2ccc(N3CCCCC3)cc2)cc1. The van der Waals surface area contributed by atoms with Gasteiger partial charge in [-0.25, -0.2) is 0 Å². The van der Waals surface area contributed by atoms with Gasteiger partial charge in [0.15, 0.2) is 0 Å². The number of methoxy groups -OCH3 is 1. The molecule has 26 heavy (non-hydrogen) atoms. The van der Waals surface area contributed by atoms with Crippen molar-refractivity contribution >= 4 is 11.3 Å². The lowest BCUT2D eigenvalue weighted by molar-refractivity contribution is 0.415. The third kappa shape index (κ3) is 3.45. The average molecular weight is 343 g/mol. The Kier molecular flexibility index (Phi) is 4.92.